The zero-order valence-corrected chi connectivity index (χ0v) is 20.1. The van der Waals surface area contributed by atoms with Crippen molar-refractivity contribution in [3.8, 4) is 5.75 Å². The Morgan fingerprint density at radius 2 is 1.19 bits per heavy atom. The number of methoxy groups -OCH3 is 1. The van der Waals surface area contributed by atoms with Crippen molar-refractivity contribution in [1.29, 1.82) is 0 Å². The number of carbonyl (C=O) groups excluding carboxylic acids is 2. The van der Waals surface area contributed by atoms with Gasteiger partial charge in [0.2, 0.25) is 0 Å². The van der Waals surface area contributed by atoms with E-state index in [1.54, 1.807) is 7.11 Å². The Morgan fingerprint density at radius 3 is 1.64 bits per heavy atom. The summed E-state index contributed by atoms with van der Waals surface area (Å²) in [5, 5.41) is 3.28. The van der Waals surface area contributed by atoms with E-state index in [0.29, 0.717) is 37.6 Å². The first-order chi connectivity index (χ1) is 17.6. The van der Waals surface area contributed by atoms with E-state index in [2.05, 4.69) is 5.32 Å². The maximum Gasteiger partial charge on any atom is 0.270 e. The summed E-state index contributed by atoms with van der Waals surface area (Å²) < 4.78 is 5.37. The molecule has 0 bridgehead atoms. The topological polar surface area (TPSA) is 61.9 Å². The number of benzene rings is 3. The van der Waals surface area contributed by atoms with E-state index in [9.17, 15) is 9.59 Å². The van der Waals surface area contributed by atoms with Gasteiger partial charge in [0.25, 0.3) is 11.8 Å². The number of ether oxygens (including phenoxy) is 1. The van der Waals surface area contributed by atoms with Crippen LogP contribution in [-0.2, 0) is 22.7 Å². The molecule has 180 valence electrons. The number of carbonyl (C=O) groups is 2. The van der Waals surface area contributed by atoms with Gasteiger partial charge in [-0.05, 0) is 40.0 Å². The maximum absolute atomic E-state index is 13.5. The molecule has 3 aromatic rings. The van der Waals surface area contributed by atoms with Gasteiger partial charge in [-0.3, -0.25) is 9.59 Å². The normalized spacial score (nSPS) is 17.5. The fourth-order valence-corrected chi connectivity index (χ4v) is 5.44. The van der Waals surface area contributed by atoms with Crippen molar-refractivity contribution >= 4 is 11.8 Å². The van der Waals surface area contributed by atoms with E-state index in [1.807, 2.05) is 94.7 Å². The summed E-state index contributed by atoms with van der Waals surface area (Å²) in [7, 11) is 1.65. The molecule has 6 nitrogen and oxygen atoms in total. The molecule has 0 unspecified atom stereocenters. The minimum Gasteiger partial charge on any atom is -0.497 e. The van der Waals surface area contributed by atoms with Gasteiger partial charge in [0, 0.05) is 32.1 Å². The molecule has 3 aromatic carbocycles. The van der Waals surface area contributed by atoms with Gasteiger partial charge in [-0.1, -0.05) is 72.8 Å². The highest BCUT2D eigenvalue weighted by Crippen LogP contribution is 2.44. The molecule has 0 radical (unpaired) electrons. The highest BCUT2D eigenvalue weighted by Gasteiger charge is 2.45. The predicted molar refractivity (Wildman–Crippen MR) is 137 cm³/mol. The van der Waals surface area contributed by atoms with Gasteiger partial charge < -0.3 is 19.9 Å². The SMILES string of the molecule is COc1ccc(C2C3=C(NC4=C2CN(Cc2ccccc2)C4=O)C(=O)N(Cc2ccccc2)C3)cc1. The highest BCUT2D eigenvalue weighted by molar-refractivity contribution is 6.04. The maximum atomic E-state index is 13.5. The molecular weight excluding hydrogens is 450 g/mol. The van der Waals surface area contributed by atoms with Gasteiger partial charge >= 0.3 is 0 Å². The molecule has 0 aliphatic carbocycles. The number of nitrogens with one attached hydrogen (secondary N) is 1. The van der Waals surface area contributed by atoms with Crippen LogP contribution in [0.4, 0.5) is 0 Å². The minimum absolute atomic E-state index is 0.0618. The van der Waals surface area contributed by atoms with Crippen molar-refractivity contribution in [2.75, 3.05) is 20.2 Å². The molecule has 0 fully saturated rings. The molecule has 6 rings (SSSR count). The Morgan fingerprint density at radius 1 is 0.722 bits per heavy atom. The van der Waals surface area contributed by atoms with Crippen LogP contribution < -0.4 is 10.1 Å². The number of rotatable bonds is 6. The van der Waals surface area contributed by atoms with Gasteiger partial charge in [0.05, 0.1) is 7.11 Å². The smallest absolute Gasteiger partial charge is 0.270 e. The highest BCUT2D eigenvalue weighted by atomic mass is 16.5. The van der Waals surface area contributed by atoms with Gasteiger partial charge in [0.1, 0.15) is 17.1 Å². The van der Waals surface area contributed by atoms with Crippen LogP contribution in [0.25, 0.3) is 0 Å². The number of nitrogens with zero attached hydrogens (tertiary/aromatic N) is 2. The fourth-order valence-electron chi connectivity index (χ4n) is 5.44. The fraction of sp³-hybridized carbons (Fsp3) is 0.200. The van der Waals surface area contributed by atoms with E-state index in [1.165, 1.54) is 0 Å². The number of hydrogen-bond acceptors (Lipinski definition) is 4. The number of hydrogen-bond donors (Lipinski definition) is 1. The zero-order chi connectivity index (χ0) is 24.6. The molecule has 2 amide bonds. The van der Waals surface area contributed by atoms with Crippen molar-refractivity contribution < 1.29 is 14.3 Å². The van der Waals surface area contributed by atoms with Crippen LogP contribution in [0.3, 0.4) is 0 Å². The Balaban J connectivity index is 1.34. The summed E-state index contributed by atoms with van der Waals surface area (Å²) in [6.07, 6.45) is 0. The van der Waals surface area contributed by atoms with Crippen molar-refractivity contribution in [3.63, 3.8) is 0 Å². The molecule has 0 aromatic heterocycles. The van der Waals surface area contributed by atoms with E-state index in [0.717, 1.165) is 33.6 Å². The molecule has 36 heavy (non-hydrogen) atoms. The first-order valence-corrected chi connectivity index (χ1v) is 12.2. The second kappa shape index (κ2) is 9.04. The molecule has 3 aliphatic rings. The third-order valence-corrected chi connectivity index (χ3v) is 7.20. The van der Waals surface area contributed by atoms with Gasteiger partial charge in [0.15, 0.2) is 0 Å². The zero-order valence-electron chi connectivity index (χ0n) is 20.1. The second-order valence-corrected chi connectivity index (χ2v) is 9.43. The summed E-state index contributed by atoms with van der Waals surface area (Å²) in [5.74, 6) is 0.510. The summed E-state index contributed by atoms with van der Waals surface area (Å²) in [5.41, 5.74) is 6.35. The average Bonchev–Trinajstić information content (AvgIpc) is 3.39. The lowest BCUT2D eigenvalue weighted by atomic mass is 9.81. The first-order valence-electron chi connectivity index (χ1n) is 12.2. The lowest BCUT2D eigenvalue weighted by Gasteiger charge is -2.27. The summed E-state index contributed by atoms with van der Waals surface area (Å²) >= 11 is 0. The molecule has 3 aliphatic heterocycles. The van der Waals surface area contributed by atoms with Crippen molar-refractivity contribution in [2.24, 2.45) is 0 Å². The second-order valence-electron chi connectivity index (χ2n) is 9.43. The quantitative estimate of drug-likeness (QED) is 0.584. The van der Waals surface area contributed by atoms with E-state index >= 15 is 0 Å². The van der Waals surface area contributed by atoms with Crippen LogP contribution in [0, 0.1) is 0 Å². The molecule has 0 saturated heterocycles. The van der Waals surface area contributed by atoms with Crippen LogP contribution >= 0.6 is 0 Å². The molecule has 1 N–H and O–H groups in total. The van der Waals surface area contributed by atoms with Crippen LogP contribution in [0.15, 0.2) is 107 Å². The first kappa shape index (κ1) is 22.2. The molecule has 0 atom stereocenters. The Bertz CT molecular complexity index is 1290. The summed E-state index contributed by atoms with van der Waals surface area (Å²) in [4.78, 5) is 30.8. The molecule has 0 saturated carbocycles. The number of dihydropyridines is 1. The van der Waals surface area contributed by atoms with Crippen LogP contribution in [0.2, 0.25) is 0 Å². The summed E-state index contributed by atoms with van der Waals surface area (Å²) in [6, 6.07) is 28.0. The summed E-state index contributed by atoms with van der Waals surface area (Å²) in [6.45, 7) is 2.11. The van der Waals surface area contributed by atoms with E-state index < -0.39 is 0 Å². The average molecular weight is 478 g/mol. The lowest BCUT2D eigenvalue weighted by molar-refractivity contribution is -0.126. The van der Waals surface area contributed by atoms with Crippen molar-refractivity contribution in [1.82, 2.24) is 15.1 Å². The lowest BCUT2D eigenvalue weighted by Crippen LogP contribution is -2.34. The minimum atomic E-state index is -0.142. The van der Waals surface area contributed by atoms with E-state index in [-0.39, 0.29) is 17.7 Å². The Kier molecular flexibility index (Phi) is 5.56. The molecule has 0 spiro atoms. The molecular formula is C30H27N3O3. The van der Waals surface area contributed by atoms with Crippen LogP contribution in [-0.4, -0.2) is 41.8 Å². The Hall–Kier alpha value is -4.32. The van der Waals surface area contributed by atoms with Crippen LogP contribution in [0.5, 0.6) is 5.75 Å². The monoisotopic (exact) mass is 477 g/mol. The molecule has 6 heteroatoms. The largest absolute Gasteiger partial charge is 0.497 e. The third kappa shape index (κ3) is 3.85. The van der Waals surface area contributed by atoms with Crippen LogP contribution in [0.1, 0.15) is 22.6 Å². The Labute approximate surface area is 210 Å². The van der Waals surface area contributed by atoms with Gasteiger partial charge in [-0.2, -0.15) is 0 Å². The third-order valence-electron chi connectivity index (χ3n) is 7.20. The van der Waals surface area contributed by atoms with Gasteiger partial charge in [-0.15, -0.1) is 0 Å². The predicted octanol–water partition coefficient (Wildman–Crippen LogP) is 3.98. The van der Waals surface area contributed by atoms with E-state index in [4.69, 9.17) is 4.74 Å². The standard InChI is InChI=1S/C30H27N3O3/c1-36-23-14-12-22(13-15-23)26-24-18-32(16-20-8-4-2-5-9-20)29(34)27(24)31-28-25(26)19-33(30(28)35)17-21-10-6-3-7-11-21/h2-15,26,31H,16-19H2,1H3. The molecule has 3 heterocycles. The van der Waals surface area contributed by atoms with Crippen molar-refractivity contribution in [2.45, 2.75) is 19.0 Å². The number of amides is 2. The van der Waals surface area contributed by atoms with Gasteiger partial charge in [-0.25, -0.2) is 0 Å². The van der Waals surface area contributed by atoms with Crippen molar-refractivity contribution in [3.05, 3.63) is 124 Å².